The van der Waals surface area contributed by atoms with Crippen LogP contribution in [0.4, 0.5) is 11.4 Å². The Hall–Kier alpha value is -3.47. The number of carbonyl (C=O) groups excluding carboxylic acids is 2. The second-order valence-corrected chi connectivity index (χ2v) is 5.92. The van der Waals surface area contributed by atoms with Crippen molar-refractivity contribution >= 4 is 45.3 Å². The number of carbonyl (C=O) groups is 2. The molecule has 0 unspecified atom stereocenters. The van der Waals surface area contributed by atoms with Crippen LogP contribution in [0.2, 0.25) is 0 Å². The van der Waals surface area contributed by atoms with E-state index in [1.807, 2.05) is 5.43 Å². The van der Waals surface area contributed by atoms with E-state index in [9.17, 15) is 24.8 Å². The summed E-state index contributed by atoms with van der Waals surface area (Å²) in [5.74, 6) is -2.74. The molecule has 2 rings (SSSR count). The van der Waals surface area contributed by atoms with E-state index in [0.29, 0.717) is 5.69 Å². The molecule has 0 aliphatic carbocycles. The van der Waals surface area contributed by atoms with Crippen LogP contribution in [0.1, 0.15) is 5.56 Å². The topological polar surface area (TPSA) is 143 Å². The van der Waals surface area contributed by atoms with Gasteiger partial charge in [-0.2, -0.15) is 5.10 Å². The highest BCUT2D eigenvalue weighted by Gasteiger charge is 2.19. The SMILES string of the molecule is COc1cc(/C=N/NC(=O)C(=O)Nc2ccc(Br)cc2)cc([N+](=O)[O-])c1O. The molecule has 0 aliphatic heterocycles. The third-order valence-corrected chi connectivity index (χ3v) is 3.71. The number of hydrogen-bond acceptors (Lipinski definition) is 7. The molecule has 0 radical (unpaired) electrons. The fourth-order valence-corrected chi connectivity index (χ4v) is 2.18. The number of benzene rings is 2. The molecule has 2 aromatic rings. The van der Waals surface area contributed by atoms with Gasteiger partial charge in [0.05, 0.1) is 18.2 Å². The summed E-state index contributed by atoms with van der Waals surface area (Å²) in [5.41, 5.74) is 2.00. The maximum Gasteiger partial charge on any atom is 0.329 e. The molecule has 10 nitrogen and oxygen atoms in total. The van der Waals surface area contributed by atoms with Crippen molar-refractivity contribution in [2.24, 2.45) is 5.10 Å². The lowest BCUT2D eigenvalue weighted by atomic mass is 10.2. The maximum atomic E-state index is 11.8. The van der Waals surface area contributed by atoms with Crippen LogP contribution in [-0.4, -0.2) is 35.2 Å². The molecule has 2 aromatic carbocycles. The molecule has 11 heteroatoms. The van der Waals surface area contributed by atoms with Gasteiger partial charge in [-0.3, -0.25) is 19.7 Å². The van der Waals surface area contributed by atoms with Gasteiger partial charge in [-0.1, -0.05) is 15.9 Å². The number of aromatic hydroxyl groups is 1. The molecule has 0 aliphatic rings. The lowest BCUT2D eigenvalue weighted by Gasteiger charge is -2.05. The van der Waals surface area contributed by atoms with E-state index in [2.05, 4.69) is 26.3 Å². The Balaban J connectivity index is 2.04. The molecule has 0 aromatic heterocycles. The highest BCUT2D eigenvalue weighted by molar-refractivity contribution is 9.10. The first-order valence-corrected chi connectivity index (χ1v) is 8.06. The maximum absolute atomic E-state index is 11.8. The minimum absolute atomic E-state index is 0.134. The predicted octanol–water partition coefficient (Wildman–Crippen LogP) is 2.16. The van der Waals surface area contributed by atoms with Gasteiger partial charge in [0.25, 0.3) is 0 Å². The van der Waals surface area contributed by atoms with Gasteiger partial charge in [0.1, 0.15) is 0 Å². The summed E-state index contributed by atoms with van der Waals surface area (Å²) in [6.07, 6.45) is 1.07. The number of rotatable bonds is 5. The lowest BCUT2D eigenvalue weighted by Crippen LogP contribution is -2.32. The van der Waals surface area contributed by atoms with Gasteiger partial charge in [0.2, 0.25) is 5.75 Å². The highest BCUT2D eigenvalue weighted by Crippen LogP contribution is 2.36. The van der Waals surface area contributed by atoms with Crippen molar-refractivity contribution in [3.05, 3.63) is 56.5 Å². The summed E-state index contributed by atoms with van der Waals surface area (Å²) >= 11 is 3.25. The number of anilines is 1. The summed E-state index contributed by atoms with van der Waals surface area (Å²) in [5, 5.41) is 26.6. The Morgan fingerprint density at radius 2 is 1.93 bits per heavy atom. The predicted molar refractivity (Wildman–Crippen MR) is 99.8 cm³/mol. The zero-order valence-corrected chi connectivity index (χ0v) is 15.4. The first kappa shape index (κ1) is 19.8. The van der Waals surface area contributed by atoms with Gasteiger partial charge in [-0.15, -0.1) is 0 Å². The van der Waals surface area contributed by atoms with Crippen LogP contribution in [0, 0.1) is 10.1 Å². The minimum Gasteiger partial charge on any atom is -0.500 e. The highest BCUT2D eigenvalue weighted by atomic mass is 79.9. The fraction of sp³-hybridized carbons (Fsp3) is 0.0625. The third-order valence-electron chi connectivity index (χ3n) is 3.18. The molecular weight excluding hydrogens is 424 g/mol. The van der Waals surface area contributed by atoms with E-state index >= 15 is 0 Å². The van der Waals surface area contributed by atoms with Crippen molar-refractivity contribution in [3.63, 3.8) is 0 Å². The van der Waals surface area contributed by atoms with Crippen molar-refractivity contribution in [3.8, 4) is 11.5 Å². The molecule has 0 heterocycles. The lowest BCUT2D eigenvalue weighted by molar-refractivity contribution is -0.386. The van der Waals surface area contributed by atoms with E-state index in [1.54, 1.807) is 24.3 Å². The van der Waals surface area contributed by atoms with Crippen LogP contribution in [0.3, 0.4) is 0 Å². The van der Waals surface area contributed by atoms with E-state index in [4.69, 9.17) is 4.74 Å². The molecule has 0 atom stereocenters. The molecular formula is C16H13BrN4O6. The Morgan fingerprint density at radius 1 is 1.26 bits per heavy atom. The summed E-state index contributed by atoms with van der Waals surface area (Å²) in [7, 11) is 1.23. The van der Waals surface area contributed by atoms with Crippen molar-refractivity contribution in [2.75, 3.05) is 12.4 Å². The quantitative estimate of drug-likeness (QED) is 0.283. The van der Waals surface area contributed by atoms with Gasteiger partial charge in [0, 0.05) is 21.8 Å². The van der Waals surface area contributed by atoms with Gasteiger partial charge in [0.15, 0.2) is 5.75 Å². The minimum atomic E-state index is -1.03. The number of phenols is 1. The summed E-state index contributed by atoms with van der Waals surface area (Å²) < 4.78 is 5.66. The molecule has 2 amide bonds. The monoisotopic (exact) mass is 436 g/mol. The summed E-state index contributed by atoms with van der Waals surface area (Å²) in [4.78, 5) is 33.7. The zero-order valence-electron chi connectivity index (χ0n) is 13.8. The summed E-state index contributed by atoms with van der Waals surface area (Å²) in [6, 6.07) is 8.89. The average molecular weight is 437 g/mol. The molecule has 0 saturated heterocycles. The number of hydrogen-bond donors (Lipinski definition) is 3. The van der Waals surface area contributed by atoms with Crippen LogP contribution in [-0.2, 0) is 9.59 Å². The largest absolute Gasteiger partial charge is 0.500 e. The molecule has 0 spiro atoms. The first-order chi connectivity index (χ1) is 12.8. The van der Waals surface area contributed by atoms with Crippen molar-refractivity contribution < 1.29 is 24.4 Å². The molecule has 27 heavy (non-hydrogen) atoms. The third kappa shape index (κ3) is 5.25. The number of ether oxygens (including phenoxy) is 1. The van der Waals surface area contributed by atoms with E-state index in [-0.39, 0.29) is 11.3 Å². The Morgan fingerprint density at radius 3 is 2.52 bits per heavy atom. The second kappa shape index (κ2) is 8.76. The number of hydrazone groups is 1. The van der Waals surface area contributed by atoms with Gasteiger partial charge in [-0.25, -0.2) is 5.43 Å². The van der Waals surface area contributed by atoms with Crippen molar-refractivity contribution in [2.45, 2.75) is 0 Å². The number of nitrogens with one attached hydrogen (secondary N) is 2. The smallest absolute Gasteiger partial charge is 0.329 e. The van der Waals surface area contributed by atoms with Crippen LogP contribution in [0.25, 0.3) is 0 Å². The number of phenolic OH excluding ortho intramolecular Hbond substituents is 1. The second-order valence-electron chi connectivity index (χ2n) is 5.01. The van der Waals surface area contributed by atoms with Crippen LogP contribution in [0.5, 0.6) is 11.5 Å². The first-order valence-electron chi connectivity index (χ1n) is 7.27. The number of amides is 2. The number of nitro benzene ring substituents is 1. The normalized spacial score (nSPS) is 10.4. The molecule has 0 bridgehead atoms. The van der Waals surface area contributed by atoms with Crippen LogP contribution < -0.4 is 15.5 Å². The van der Waals surface area contributed by atoms with Crippen LogP contribution in [0.15, 0.2) is 46.0 Å². The number of nitrogens with zero attached hydrogens (tertiary/aromatic N) is 2. The van der Waals surface area contributed by atoms with E-state index in [1.165, 1.54) is 13.2 Å². The Bertz CT molecular complexity index is 914. The summed E-state index contributed by atoms with van der Waals surface area (Å²) in [6.45, 7) is 0. The molecule has 0 fully saturated rings. The fourth-order valence-electron chi connectivity index (χ4n) is 1.92. The van der Waals surface area contributed by atoms with Gasteiger partial charge >= 0.3 is 17.5 Å². The number of halogens is 1. The van der Waals surface area contributed by atoms with Crippen molar-refractivity contribution in [1.29, 1.82) is 0 Å². The van der Waals surface area contributed by atoms with Gasteiger partial charge < -0.3 is 15.2 Å². The van der Waals surface area contributed by atoms with Gasteiger partial charge in [-0.05, 0) is 30.3 Å². The number of nitro groups is 1. The molecule has 3 N–H and O–H groups in total. The zero-order chi connectivity index (χ0) is 20.0. The average Bonchev–Trinajstić information content (AvgIpc) is 2.64. The molecule has 140 valence electrons. The van der Waals surface area contributed by atoms with Crippen LogP contribution >= 0.6 is 15.9 Å². The molecule has 0 saturated carbocycles. The Labute approximate surface area is 161 Å². The van der Waals surface area contributed by atoms with E-state index in [0.717, 1.165) is 16.8 Å². The number of methoxy groups -OCH3 is 1. The Kier molecular flexibility index (Phi) is 6.44. The standard InChI is InChI=1S/C16H13BrN4O6/c1-27-13-7-9(6-12(14(13)22)21(25)26)8-18-20-16(24)15(23)19-11-4-2-10(17)3-5-11/h2-8,22H,1H3,(H,19,23)(H,20,24)/b18-8+. The van der Waals surface area contributed by atoms with Crippen molar-refractivity contribution in [1.82, 2.24) is 5.43 Å². The van der Waals surface area contributed by atoms with E-state index < -0.39 is 28.2 Å².